The van der Waals surface area contributed by atoms with Gasteiger partial charge in [0.25, 0.3) is 5.79 Å². The second-order valence-electron chi connectivity index (χ2n) is 4.52. The highest BCUT2D eigenvalue weighted by Gasteiger charge is 2.39. The SMILES string of the molecule is CC(C=CN(C)C)=C1C(=O)OC(C)(C)OC1=O. The summed E-state index contributed by atoms with van der Waals surface area (Å²) in [7, 11) is 3.68. The predicted molar refractivity (Wildman–Crippen MR) is 61.8 cm³/mol. The Kier molecular flexibility index (Phi) is 3.60. The van der Waals surface area contributed by atoms with Crippen LogP contribution >= 0.6 is 0 Å². The van der Waals surface area contributed by atoms with Crippen LogP contribution in [0.25, 0.3) is 0 Å². The second kappa shape index (κ2) is 4.61. The van der Waals surface area contributed by atoms with Gasteiger partial charge in [0.1, 0.15) is 5.57 Å². The minimum absolute atomic E-state index is 0.0533. The molecule has 0 aromatic rings. The van der Waals surface area contributed by atoms with Crippen molar-refractivity contribution in [1.29, 1.82) is 0 Å². The van der Waals surface area contributed by atoms with Gasteiger partial charge in [0.05, 0.1) is 0 Å². The van der Waals surface area contributed by atoms with Gasteiger partial charge in [-0.15, -0.1) is 0 Å². The van der Waals surface area contributed by atoms with Gasteiger partial charge in [0.2, 0.25) is 0 Å². The number of esters is 2. The molecule has 0 atom stereocenters. The standard InChI is InChI=1S/C12H17NO4/c1-8(6-7-13(4)5)9-10(14)16-12(2,3)17-11(9)15/h6-7H,1-5H3. The van der Waals surface area contributed by atoms with Crippen LogP contribution in [0.2, 0.25) is 0 Å². The first-order valence-electron chi connectivity index (χ1n) is 5.25. The highest BCUT2D eigenvalue weighted by atomic mass is 16.7. The third-order valence-electron chi connectivity index (χ3n) is 2.10. The fraction of sp³-hybridized carbons (Fsp3) is 0.500. The quantitative estimate of drug-likeness (QED) is 0.412. The summed E-state index contributed by atoms with van der Waals surface area (Å²) in [6, 6.07) is 0. The molecule has 1 aliphatic rings. The van der Waals surface area contributed by atoms with Gasteiger partial charge >= 0.3 is 11.9 Å². The van der Waals surface area contributed by atoms with E-state index in [0.717, 1.165) is 0 Å². The molecule has 0 bridgehead atoms. The van der Waals surface area contributed by atoms with Crippen molar-refractivity contribution in [3.8, 4) is 0 Å². The minimum atomic E-state index is -1.19. The van der Waals surface area contributed by atoms with Crippen LogP contribution in [0, 0.1) is 0 Å². The average Bonchev–Trinajstić information content (AvgIpc) is 2.11. The van der Waals surface area contributed by atoms with Crippen molar-refractivity contribution < 1.29 is 19.1 Å². The van der Waals surface area contributed by atoms with Crippen molar-refractivity contribution >= 4 is 11.9 Å². The number of hydrogen-bond acceptors (Lipinski definition) is 5. The molecule has 0 aromatic carbocycles. The number of carbonyl (C=O) groups is 2. The largest absolute Gasteiger partial charge is 0.419 e. The molecule has 0 saturated carbocycles. The van der Waals surface area contributed by atoms with Crippen molar-refractivity contribution in [2.45, 2.75) is 26.6 Å². The molecule has 1 saturated heterocycles. The van der Waals surface area contributed by atoms with E-state index in [0.29, 0.717) is 5.57 Å². The van der Waals surface area contributed by atoms with Crippen LogP contribution < -0.4 is 0 Å². The third-order valence-corrected chi connectivity index (χ3v) is 2.10. The van der Waals surface area contributed by atoms with Gasteiger partial charge in [0.15, 0.2) is 0 Å². The highest BCUT2D eigenvalue weighted by Crippen LogP contribution is 2.24. The van der Waals surface area contributed by atoms with Gasteiger partial charge in [0, 0.05) is 27.9 Å². The zero-order valence-corrected chi connectivity index (χ0v) is 10.7. The van der Waals surface area contributed by atoms with Crippen molar-refractivity contribution in [3.63, 3.8) is 0 Å². The van der Waals surface area contributed by atoms with Crippen LogP contribution in [-0.2, 0) is 19.1 Å². The summed E-state index contributed by atoms with van der Waals surface area (Å²) in [5.74, 6) is -2.48. The lowest BCUT2D eigenvalue weighted by atomic mass is 10.1. The Bertz CT molecular complexity index is 383. The van der Waals surface area contributed by atoms with E-state index in [2.05, 4.69) is 0 Å². The smallest absolute Gasteiger partial charge is 0.349 e. The van der Waals surface area contributed by atoms with E-state index >= 15 is 0 Å². The van der Waals surface area contributed by atoms with Gasteiger partial charge in [-0.25, -0.2) is 9.59 Å². The van der Waals surface area contributed by atoms with E-state index in [-0.39, 0.29) is 5.57 Å². The van der Waals surface area contributed by atoms with Crippen molar-refractivity contribution in [2.75, 3.05) is 14.1 Å². The maximum atomic E-state index is 11.7. The maximum absolute atomic E-state index is 11.7. The minimum Gasteiger partial charge on any atom is -0.419 e. The summed E-state index contributed by atoms with van der Waals surface area (Å²) in [5.41, 5.74) is 0.464. The van der Waals surface area contributed by atoms with Crippen LogP contribution in [0.15, 0.2) is 23.4 Å². The van der Waals surface area contributed by atoms with Crippen LogP contribution in [-0.4, -0.2) is 36.7 Å². The van der Waals surface area contributed by atoms with E-state index in [9.17, 15) is 9.59 Å². The summed E-state index contributed by atoms with van der Waals surface area (Å²) in [6.45, 7) is 4.70. The molecule has 0 unspecified atom stereocenters. The van der Waals surface area contributed by atoms with Crippen molar-refractivity contribution in [1.82, 2.24) is 4.90 Å². The van der Waals surface area contributed by atoms with Crippen LogP contribution in [0.5, 0.6) is 0 Å². The fourth-order valence-corrected chi connectivity index (χ4v) is 1.32. The molecule has 0 aliphatic carbocycles. The maximum Gasteiger partial charge on any atom is 0.349 e. The number of carbonyl (C=O) groups excluding carboxylic acids is 2. The normalized spacial score (nSPS) is 19.0. The molecule has 1 fully saturated rings. The molecule has 5 heteroatoms. The lowest BCUT2D eigenvalue weighted by molar-refractivity contribution is -0.222. The van der Waals surface area contributed by atoms with E-state index in [1.165, 1.54) is 13.8 Å². The molecule has 0 spiro atoms. The van der Waals surface area contributed by atoms with Gasteiger partial charge in [-0.05, 0) is 24.8 Å². The van der Waals surface area contributed by atoms with Gasteiger partial charge < -0.3 is 14.4 Å². The number of allylic oxidation sites excluding steroid dienone is 2. The third kappa shape index (κ3) is 3.34. The molecule has 0 amide bonds. The van der Waals surface area contributed by atoms with E-state index in [1.54, 1.807) is 24.1 Å². The van der Waals surface area contributed by atoms with Crippen molar-refractivity contribution in [2.24, 2.45) is 0 Å². The Labute approximate surface area is 101 Å². The molecule has 5 nitrogen and oxygen atoms in total. The lowest BCUT2D eigenvalue weighted by Gasteiger charge is -2.30. The van der Waals surface area contributed by atoms with Crippen LogP contribution in [0.4, 0.5) is 0 Å². The topological polar surface area (TPSA) is 55.8 Å². The first-order valence-corrected chi connectivity index (χ1v) is 5.25. The molecule has 0 N–H and O–H groups in total. The molecule has 17 heavy (non-hydrogen) atoms. The van der Waals surface area contributed by atoms with E-state index in [4.69, 9.17) is 9.47 Å². The van der Waals surface area contributed by atoms with Gasteiger partial charge in [-0.1, -0.05) is 0 Å². The van der Waals surface area contributed by atoms with Crippen LogP contribution in [0.3, 0.4) is 0 Å². The summed E-state index contributed by atoms with van der Waals surface area (Å²) in [4.78, 5) is 25.2. The molecular formula is C12H17NO4. The monoisotopic (exact) mass is 239 g/mol. The lowest BCUT2D eigenvalue weighted by Crippen LogP contribution is -2.42. The Hall–Kier alpha value is -1.78. The van der Waals surface area contributed by atoms with Crippen molar-refractivity contribution in [3.05, 3.63) is 23.4 Å². The first-order chi connectivity index (χ1) is 7.73. The number of nitrogens with zero attached hydrogens (tertiary/aromatic N) is 1. The summed E-state index contributed by atoms with van der Waals surface area (Å²) < 4.78 is 9.99. The second-order valence-corrected chi connectivity index (χ2v) is 4.52. The Morgan fingerprint density at radius 1 is 1.18 bits per heavy atom. The molecule has 1 rings (SSSR count). The van der Waals surface area contributed by atoms with Gasteiger partial charge in [-0.2, -0.15) is 0 Å². The predicted octanol–water partition coefficient (Wildman–Crippen LogP) is 1.21. The molecule has 1 aliphatic heterocycles. The summed E-state index contributed by atoms with van der Waals surface area (Å²) in [5, 5.41) is 0. The molecular weight excluding hydrogens is 222 g/mol. The number of hydrogen-bond donors (Lipinski definition) is 0. The van der Waals surface area contributed by atoms with Crippen LogP contribution in [0.1, 0.15) is 20.8 Å². The molecule has 94 valence electrons. The van der Waals surface area contributed by atoms with Gasteiger partial charge in [-0.3, -0.25) is 0 Å². The summed E-state index contributed by atoms with van der Waals surface area (Å²) in [6.07, 6.45) is 3.40. The molecule has 0 radical (unpaired) electrons. The first kappa shape index (κ1) is 13.3. The zero-order chi connectivity index (χ0) is 13.2. The number of cyclic esters (lactones) is 2. The Morgan fingerprint density at radius 3 is 2.06 bits per heavy atom. The number of ether oxygens (including phenoxy) is 2. The summed E-state index contributed by atoms with van der Waals surface area (Å²) >= 11 is 0. The molecule has 0 aromatic heterocycles. The molecule has 1 heterocycles. The highest BCUT2D eigenvalue weighted by molar-refractivity contribution is 6.16. The Morgan fingerprint density at radius 2 is 1.65 bits per heavy atom. The zero-order valence-electron chi connectivity index (χ0n) is 10.7. The Balaban J connectivity index is 3.02. The average molecular weight is 239 g/mol. The fourth-order valence-electron chi connectivity index (χ4n) is 1.32. The number of rotatable bonds is 2. The van der Waals surface area contributed by atoms with E-state index < -0.39 is 17.7 Å². The van der Waals surface area contributed by atoms with E-state index in [1.807, 2.05) is 14.1 Å².